The molecule has 3 rings (SSSR count). The predicted molar refractivity (Wildman–Crippen MR) is 61.3 cm³/mol. The number of nitrogens with zero attached hydrogens (tertiary/aromatic N) is 2. The van der Waals surface area contributed by atoms with Crippen LogP contribution in [0.5, 0.6) is 0 Å². The Morgan fingerprint density at radius 2 is 2.50 bits per heavy atom. The third-order valence-corrected chi connectivity index (χ3v) is 2.79. The predicted octanol–water partition coefficient (Wildman–Crippen LogP) is 1.39. The molecule has 0 saturated carbocycles. The molecule has 2 N–H and O–H groups in total. The Hall–Kier alpha value is -1.62. The Labute approximate surface area is 93.3 Å². The number of aromatic nitrogens is 2. The van der Waals surface area contributed by atoms with Crippen LogP contribution in [0, 0.1) is 0 Å². The minimum Gasteiger partial charge on any atom is -0.404 e. The second kappa shape index (κ2) is 4.09. The van der Waals surface area contributed by atoms with Crippen LogP contribution in [0.1, 0.15) is 12.8 Å². The molecule has 1 aliphatic rings. The van der Waals surface area contributed by atoms with Gasteiger partial charge in [-0.3, -0.25) is 0 Å². The van der Waals surface area contributed by atoms with E-state index in [0.29, 0.717) is 17.8 Å². The standard InChI is InChI=1S/C11H14N4O/c1-3-8(7-12-5-1)14-11-15-9-4-2-6-13-10(9)16-11/h2,4,6,8,12H,1,3,5,7H2,(H,14,15). The lowest BCUT2D eigenvalue weighted by molar-refractivity contribution is 0.466. The number of anilines is 1. The van der Waals surface area contributed by atoms with Crippen LogP contribution < -0.4 is 10.6 Å². The maximum atomic E-state index is 5.51. The van der Waals surface area contributed by atoms with Crippen molar-refractivity contribution in [3.05, 3.63) is 18.3 Å². The van der Waals surface area contributed by atoms with Crippen LogP contribution in [0.4, 0.5) is 6.01 Å². The second-order valence-electron chi connectivity index (χ2n) is 4.03. The molecule has 3 heterocycles. The molecule has 0 radical (unpaired) electrons. The van der Waals surface area contributed by atoms with E-state index < -0.39 is 0 Å². The van der Waals surface area contributed by atoms with E-state index in [2.05, 4.69) is 20.6 Å². The number of piperidine rings is 1. The Morgan fingerprint density at radius 1 is 1.50 bits per heavy atom. The monoisotopic (exact) mass is 218 g/mol. The van der Waals surface area contributed by atoms with E-state index in [4.69, 9.17) is 4.42 Å². The number of pyridine rings is 1. The highest BCUT2D eigenvalue weighted by Crippen LogP contribution is 2.17. The molecule has 2 aromatic heterocycles. The largest absolute Gasteiger partial charge is 0.404 e. The van der Waals surface area contributed by atoms with Gasteiger partial charge in [0.05, 0.1) is 0 Å². The van der Waals surface area contributed by atoms with E-state index in [1.165, 1.54) is 6.42 Å². The molecule has 1 atom stereocenters. The van der Waals surface area contributed by atoms with Crippen LogP contribution in [0.25, 0.3) is 11.2 Å². The Bertz CT molecular complexity index is 443. The number of rotatable bonds is 2. The van der Waals surface area contributed by atoms with Crippen molar-refractivity contribution in [1.29, 1.82) is 0 Å². The van der Waals surface area contributed by atoms with Crippen LogP contribution in [-0.2, 0) is 0 Å². The number of fused-ring (bicyclic) bond motifs is 1. The smallest absolute Gasteiger partial charge is 0.297 e. The molecule has 1 fully saturated rings. The minimum atomic E-state index is 0.404. The highest BCUT2D eigenvalue weighted by atomic mass is 16.4. The molecular weight excluding hydrogens is 204 g/mol. The average molecular weight is 218 g/mol. The summed E-state index contributed by atoms with van der Waals surface area (Å²) in [5, 5.41) is 6.63. The van der Waals surface area contributed by atoms with Crippen molar-refractivity contribution in [2.24, 2.45) is 0 Å². The van der Waals surface area contributed by atoms with Gasteiger partial charge in [0.15, 0.2) is 0 Å². The van der Waals surface area contributed by atoms with Crippen molar-refractivity contribution >= 4 is 17.2 Å². The fourth-order valence-electron chi connectivity index (χ4n) is 1.98. The van der Waals surface area contributed by atoms with Gasteiger partial charge in [0.25, 0.3) is 6.01 Å². The zero-order valence-electron chi connectivity index (χ0n) is 8.94. The molecule has 16 heavy (non-hydrogen) atoms. The van der Waals surface area contributed by atoms with Crippen molar-refractivity contribution in [2.45, 2.75) is 18.9 Å². The number of nitrogens with one attached hydrogen (secondary N) is 2. The normalized spacial score (nSPS) is 21.1. The molecule has 0 amide bonds. The molecule has 5 heteroatoms. The van der Waals surface area contributed by atoms with Gasteiger partial charge >= 0.3 is 0 Å². The van der Waals surface area contributed by atoms with Crippen LogP contribution in [0.3, 0.4) is 0 Å². The van der Waals surface area contributed by atoms with Crippen molar-refractivity contribution in [3.8, 4) is 0 Å². The second-order valence-corrected chi connectivity index (χ2v) is 4.03. The Kier molecular flexibility index (Phi) is 2.46. The Morgan fingerprint density at radius 3 is 3.31 bits per heavy atom. The van der Waals surface area contributed by atoms with E-state index in [0.717, 1.165) is 25.0 Å². The van der Waals surface area contributed by atoms with Crippen LogP contribution in [0.15, 0.2) is 22.7 Å². The third kappa shape index (κ3) is 1.86. The molecule has 1 saturated heterocycles. The molecule has 0 spiro atoms. The first kappa shape index (κ1) is 9.59. The molecule has 1 unspecified atom stereocenters. The molecule has 1 aliphatic heterocycles. The lowest BCUT2D eigenvalue weighted by Crippen LogP contribution is -2.38. The van der Waals surface area contributed by atoms with Gasteiger partial charge in [-0.15, -0.1) is 0 Å². The van der Waals surface area contributed by atoms with Crippen molar-refractivity contribution < 1.29 is 4.42 Å². The van der Waals surface area contributed by atoms with Gasteiger partial charge in [0.2, 0.25) is 5.71 Å². The number of hydrogen-bond donors (Lipinski definition) is 2. The molecule has 5 nitrogen and oxygen atoms in total. The maximum absolute atomic E-state index is 5.51. The SMILES string of the molecule is c1cnc2oc(NC3CCCNC3)nc2c1. The minimum absolute atomic E-state index is 0.404. The van der Waals surface area contributed by atoms with E-state index in [-0.39, 0.29) is 0 Å². The third-order valence-electron chi connectivity index (χ3n) is 2.79. The highest BCUT2D eigenvalue weighted by Gasteiger charge is 2.15. The topological polar surface area (TPSA) is 63.0 Å². The summed E-state index contributed by atoms with van der Waals surface area (Å²) < 4.78 is 5.51. The van der Waals surface area contributed by atoms with Gasteiger partial charge in [-0.05, 0) is 31.5 Å². The number of oxazole rings is 1. The van der Waals surface area contributed by atoms with Gasteiger partial charge in [-0.25, -0.2) is 4.98 Å². The molecular formula is C11H14N4O. The van der Waals surface area contributed by atoms with Crippen molar-refractivity contribution in [3.63, 3.8) is 0 Å². The van der Waals surface area contributed by atoms with Gasteiger partial charge in [-0.2, -0.15) is 4.98 Å². The first-order valence-electron chi connectivity index (χ1n) is 5.60. The van der Waals surface area contributed by atoms with Gasteiger partial charge < -0.3 is 15.1 Å². The quantitative estimate of drug-likeness (QED) is 0.797. The highest BCUT2D eigenvalue weighted by molar-refractivity contribution is 5.69. The molecule has 84 valence electrons. The summed E-state index contributed by atoms with van der Waals surface area (Å²) in [5.74, 6) is 0. The summed E-state index contributed by atoms with van der Waals surface area (Å²) in [7, 11) is 0. The molecule has 0 aliphatic carbocycles. The molecule has 0 bridgehead atoms. The summed E-state index contributed by atoms with van der Waals surface area (Å²) in [6.07, 6.45) is 4.05. The van der Waals surface area contributed by atoms with E-state index in [1.54, 1.807) is 6.20 Å². The van der Waals surface area contributed by atoms with Crippen LogP contribution >= 0.6 is 0 Å². The summed E-state index contributed by atoms with van der Waals surface area (Å²) in [6.45, 7) is 2.07. The van der Waals surface area contributed by atoms with Crippen LogP contribution in [-0.4, -0.2) is 29.1 Å². The van der Waals surface area contributed by atoms with Crippen LogP contribution in [0.2, 0.25) is 0 Å². The zero-order valence-corrected chi connectivity index (χ0v) is 8.94. The average Bonchev–Trinajstić information content (AvgIpc) is 2.72. The fourth-order valence-corrected chi connectivity index (χ4v) is 1.98. The first-order chi connectivity index (χ1) is 7.92. The van der Waals surface area contributed by atoms with Crippen molar-refractivity contribution in [1.82, 2.24) is 15.3 Å². The van der Waals surface area contributed by atoms with E-state index in [9.17, 15) is 0 Å². The molecule has 0 aromatic carbocycles. The van der Waals surface area contributed by atoms with Crippen molar-refractivity contribution in [2.75, 3.05) is 18.4 Å². The fraction of sp³-hybridized carbons (Fsp3) is 0.455. The summed E-state index contributed by atoms with van der Waals surface area (Å²) in [6, 6.07) is 4.73. The van der Waals surface area contributed by atoms with E-state index >= 15 is 0 Å². The zero-order chi connectivity index (χ0) is 10.8. The van der Waals surface area contributed by atoms with E-state index in [1.807, 2.05) is 12.1 Å². The lowest BCUT2D eigenvalue weighted by atomic mass is 10.1. The maximum Gasteiger partial charge on any atom is 0.297 e. The van der Waals surface area contributed by atoms with Gasteiger partial charge in [-0.1, -0.05) is 0 Å². The Balaban J connectivity index is 1.78. The first-order valence-corrected chi connectivity index (χ1v) is 5.60. The molecule has 2 aromatic rings. The summed E-state index contributed by atoms with van der Waals surface area (Å²) in [5.41, 5.74) is 1.39. The lowest BCUT2D eigenvalue weighted by Gasteiger charge is -2.22. The summed E-state index contributed by atoms with van der Waals surface area (Å²) in [4.78, 5) is 8.45. The van der Waals surface area contributed by atoms with Gasteiger partial charge in [0.1, 0.15) is 5.52 Å². The summed E-state index contributed by atoms with van der Waals surface area (Å²) >= 11 is 0. The van der Waals surface area contributed by atoms with Gasteiger partial charge in [0, 0.05) is 18.8 Å². The number of hydrogen-bond acceptors (Lipinski definition) is 5.